The Morgan fingerprint density at radius 3 is 2.56 bits per heavy atom. The molecule has 0 saturated heterocycles. The summed E-state index contributed by atoms with van der Waals surface area (Å²) >= 11 is 0. The van der Waals surface area contributed by atoms with Crippen molar-refractivity contribution in [1.82, 2.24) is 0 Å². The van der Waals surface area contributed by atoms with Crippen LogP contribution in [0.5, 0.6) is 5.75 Å². The molecule has 0 atom stereocenters. The topological polar surface area (TPSA) is 58.6 Å². The summed E-state index contributed by atoms with van der Waals surface area (Å²) in [7, 11) is 0. The van der Waals surface area contributed by atoms with E-state index >= 15 is 0 Å². The van der Waals surface area contributed by atoms with E-state index < -0.39 is 11.5 Å². The number of carboxylic acids is 1. The smallest absolute Gasteiger partial charge is 0.305 e. The number of carboxylic acid groups (broad SMARTS) is 1. The first-order chi connectivity index (χ1) is 8.30. The van der Waals surface area contributed by atoms with E-state index in [0.29, 0.717) is 0 Å². The van der Waals surface area contributed by atoms with Gasteiger partial charge in [0.1, 0.15) is 5.75 Å². The molecule has 0 radical (unpaired) electrons. The van der Waals surface area contributed by atoms with Crippen LogP contribution in [0.3, 0.4) is 0 Å². The first-order valence-electron chi connectivity index (χ1n) is 6.06. The van der Waals surface area contributed by atoms with Gasteiger partial charge in [0.05, 0.1) is 18.2 Å². The quantitative estimate of drug-likeness (QED) is 0.815. The molecule has 0 bridgehead atoms. The van der Waals surface area contributed by atoms with Gasteiger partial charge in [0, 0.05) is 5.54 Å². The van der Waals surface area contributed by atoms with E-state index in [1.54, 1.807) is 0 Å². The lowest BCUT2D eigenvalue weighted by Gasteiger charge is -2.27. The predicted molar refractivity (Wildman–Crippen MR) is 72.2 cm³/mol. The van der Waals surface area contributed by atoms with E-state index in [2.05, 4.69) is 5.32 Å². The molecule has 0 aliphatic carbocycles. The van der Waals surface area contributed by atoms with Gasteiger partial charge >= 0.3 is 5.97 Å². The second-order valence-corrected chi connectivity index (χ2v) is 5.24. The van der Waals surface area contributed by atoms with Gasteiger partial charge in [-0.2, -0.15) is 0 Å². The fourth-order valence-electron chi connectivity index (χ4n) is 1.71. The number of para-hydroxylation sites is 2. The van der Waals surface area contributed by atoms with E-state index in [0.717, 1.165) is 11.4 Å². The second kappa shape index (κ2) is 5.76. The van der Waals surface area contributed by atoms with Crippen molar-refractivity contribution in [2.45, 2.75) is 45.8 Å². The van der Waals surface area contributed by atoms with Crippen molar-refractivity contribution in [3.63, 3.8) is 0 Å². The van der Waals surface area contributed by atoms with Crippen LogP contribution in [0.1, 0.15) is 34.1 Å². The standard InChI is InChI=1S/C14H21NO3/c1-10(2)18-12-8-6-5-7-11(12)15-14(3,4)9-13(16)17/h5-8,10,15H,9H2,1-4H3,(H,16,17). The van der Waals surface area contributed by atoms with Crippen molar-refractivity contribution < 1.29 is 14.6 Å². The van der Waals surface area contributed by atoms with Gasteiger partial charge in [-0.05, 0) is 39.8 Å². The zero-order chi connectivity index (χ0) is 13.8. The lowest BCUT2D eigenvalue weighted by molar-refractivity contribution is -0.137. The van der Waals surface area contributed by atoms with Crippen LogP contribution < -0.4 is 10.1 Å². The summed E-state index contributed by atoms with van der Waals surface area (Å²) < 4.78 is 5.69. The highest BCUT2D eigenvalue weighted by Gasteiger charge is 2.22. The van der Waals surface area contributed by atoms with E-state index in [9.17, 15) is 4.79 Å². The van der Waals surface area contributed by atoms with Gasteiger partial charge in [-0.1, -0.05) is 12.1 Å². The fourth-order valence-corrected chi connectivity index (χ4v) is 1.71. The van der Waals surface area contributed by atoms with Crippen LogP contribution in [0, 0.1) is 0 Å². The van der Waals surface area contributed by atoms with Gasteiger partial charge in [0.2, 0.25) is 0 Å². The third-order valence-electron chi connectivity index (χ3n) is 2.32. The van der Waals surface area contributed by atoms with Crippen LogP contribution in [-0.4, -0.2) is 22.7 Å². The maximum absolute atomic E-state index is 10.8. The predicted octanol–water partition coefficient (Wildman–Crippen LogP) is 3.14. The summed E-state index contributed by atoms with van der Waals surface area (Å²) in [6.07, 6.45) is 0.124. The van der Waals surface area contributed by atoms with Crippen molar-refractivity contribution in [3.8, 4) is 5.75 Å². The Morgan fingerprint density at radius 2 is 2.00 bits per heavy atom. The molecular weight excluding hydrogens is 230 g/mol. The number of benzene rings is 1. The first kappa shape index (κ1) is 14.4. The Labute approximate surface area is 108 Å². The van der Waals surface area contributed by atoms with Gasteiger partial charge in [0.15, 0.2) is 0 Å². The van der Waals surface area contributed by atoms with Crippen molar-refractivity contribution in [1.29, 1.82) is 0 Å². The molecule has 0 heterocycles. The third kappa shape index (κ3) is 4.65. The number of nitrogens with one attached hydrogen (secondary N) is 1. The zero-order valence-corrected chi connectivity index (χ0v) is 11.4. The maximum atomic E-state index is 10.8. The lowest BCUT2D eigenvalue weighted by atomic mass is 10.0. The first-order valence-corrected chi connectivity index (χ1v) is 6.06. The highest BCUT2D eigenvalue weighted by molar-refractivity contribution is 5.70. The number of ether oxygens (including phenoxy) is 1. The minimum Gasteiger partial charge on any atom is -0.489 e. The Bertz CT molecular complexity index is 413. The summed E-state index contributed by atoms with van der Waals surface area (Å²) in [6, 6.07) is 7.56. The molecule has 4 heteroatoms. The summed E-state index contributed by atoms with van der Waals surface area (Å²) in [6.45, 7) is 7.62. The molecular formula is C14H21NO3. The fraction of sp³-hybridized carbons (Fsp3) is 0.500. The number of rotatable bonds is 6. The molecule has 0 spiro atoms. The minimum atomic E-state index is -0.824. The SMILES string of the molecule is CC(C)Oc1ccccc1NC(C)(C)CC(=O)O. The number of hydrogen-bond donors (Lipinski definition) is 2. The molecule has 0 aliphatic heterocycles. The Kier molecular flexibility index (Phi) is 4.59. The molecule has 1 rings (SSSR count). The van der Waals surface area contributed by atoms with Crippen LogP contribution in [0.25, 0.3) is 0 Å². The zero-order valence-electron chi connectivity index (χ0n) is 11.4. The molecule has 0 fully saturated rings. The molecule has 100 valence electrons. The number of hydrogen-bond acceptors (Lipinski definition) is 3. The Hall–Kier alpha value is -1.71. The van der Waals surface area contributed by atoms with Gasteiger partial charge < -0.3 is 15.2 Å². The average molecular weight is 251 g/mol. The third-order valence-corrected chi connectivity index (χ3v) is 2.32. The van der Waals surface area contributed by atoms with Gasteiger partial charge in [0.25, 0.3) is 0 Å². The lowest BCUT2D eigenvalue weighted by Crippen LogP contribution is -2.33. The summed E-state index contributed by atoms with van der Waals surface area (Å²) in [5.41, 5.74) is 0.292. The van der Waals surface area contributed by atoms with Crippen molar-refractivity contribution >= 4 is 11.7 Å². The highest BCUT2D eigenvalue weighted by atomic mass is 16.5. The highest BCUT2D eigenvalue weighted by Crippen LogP contribution is 2.28. The van der Waals surface area contributed by atoms with Crippen LogP contribution in [0.4, 0.5) is 5.69 Å². The monoisotopic (exact) mass is 251 g/mol. The van der Waals surface area contributed by atoms with Crippen molar-refractivity contribution in [3.05, 3.63) is 24.3 Å². The Balaban J connectivity index is 2.86. The molecule has 0 amide bonds. The molecule has 2 N–H and O–H groups in total. The number of aliphatic carboxylic acids is 1. The van der Waals surface area contributed by atoms with E-state index in [1.807, 2.05) is 52.0 Å². The van der Waals surface area contributed by atoms with Gasteiger partial charge in [-0.3, -0.25) is 4.79 Å². The van der Waals surface area contributed by atoms with Crippen molar-refractivity contribution in [2.75, 3.05) is 5.32 Å². The molecule has 18 heavy (non-hydrogen) atoms. The summed E-state index contributed by atoms with van der Waals surface area (Å²) in [4.78, 5) is 10.8. The van der Waals surface area contributed by atoms with Gasteiger partial charge in [-0.25, -0.2) is 0 Å². The van der Waals surface area contributed by atoms with Crippen LogP contribution in [0.15, 0.2) is 24.3 Å². The largest absolute Gasteiger partial charge is 0.489 e. The molecule has 1 aromatic carbocycles. The molecule has 0 aromatic heterocycles. The molecule has 0 unspecified atom stereocenters. The van der Waals surface area contributed by atoms with Crippen LogP contribution in [0.2, 0.25) is 0 Å². The molecule has 4 nitrogen and oxygen atoms in total. The van der Waals surface area contributed by atoms with Gasteiger partial charge in [-0.15, -0.1) is 0 Å². The molecule has 0 aliphatic rings. The summed E-state index contributed by atoms with van der Waals surface area (Å²) in [5.74, 6) is -0.0827. The maximum Gasteiger partial charge on any atom is 0.305 e. The number of carbonyl (C=O) groups is 1. The summed E-state index contributed by atoms with van der Waals surface area (Å²) in [5, 5.41) is 12.1. The Morgan fingerprint density at radius 1 is 1.39 bits per heavy atom. The van der Waals surface area contributed by atoms with Crippen LogP contribution in [-0.2, 0) is 4.79 Å². The van der Waals surface area contributed by atoms with E-state index in [4.69, 9.17) is 9.84 Å². The molecule has 0 saturated carbocycles. The average Bonchev–Trinajstić information content (AvgIpc) is 2.17. The normalized spacial score (nSPS) is 11.4. The van der Waals surface area contributed by atoms with E-state index in [-0.39, 0.29) is 12.5 Å². The van der Waals surface area contributed by atoms with Crippen LogP contribution >= 0.6 is 0 Å². The minimum absolute atomic E-state index is 0.0447. The second-order valence-electron chi connectivity index (χ2n) is 5.24. The van der Waals surface area contributed by atoms with E-state index in [1.165, 1.54) is 0 Å². The number of anilines is 1. The van der Waals surface area contributed by atoms with Crippen molar-refractivity contribution in [2.24, 2.45) is 0 Å². The molecule has 1 aromatic rings.